The van der Waals surface area contributed by atoms with Gasteiger partial charge in [0.05, 0.1) is 5.56 Å². The number of nitrogen functional groups attached to an aromatic ring is 1. The van der Waals surface area contributed by atoms with Gasteiger partial charge < -0.3 is 10.6 Å². The van der Waals surface area contributed by atoms with Gasteiger partial charge in [-0.3, -0.25) is 5.41 Å². The first kappa shape index (κ1) is 12.4. The normalized spacial score (nSPS) is 11.3. The van der Waals surface area contributed by atoms with Gasteiger partial charge >= 0.3 is 6.18 Å². The van der Waals surface area contributed by atoms with Crippen molar-refractivity contribution in [3.05, 3.63) is 29.3 Å². The van der Waals surface area contributed by atoms with Crippen LogP contribution < -0.4 is 10.6 Å². The Labute approximate surface area is 91.2 Å². The van der Waals surface area contributed by atoms with Gasteiger partial charge in [0.15, 0.2) is 0 Å². The molecule has 0 amide bonds. The van der Waals surface area contributed by atoms with E-state index in [2.05, 4.69) is 0 Å². The fourth-order valence-corrected chi connectivity index (χ4v) is 1.32. The number of halogens is 3. The lowest BCUT2D eigenvalue weighted by Crippen LogP contribution is -2.20. The van der Waals surface area contributed by atoms with Crippen molar-refractivity contribution in [2.45, 2.75) is 6.18 Å². The second kappa shape index (κ2) is 4.03. The second-order valence-electron chi connectivity index (χ2n) is 3.54. The minimum atomic E-state index is -4.42. The van der Waals surface area contributed by atoms with E-state index in [-0.39, 0.29) is 11.4 Å². The van der Waals surface area contributed by atoms with Gasteiger partial charge in [-0.05, 0) is 18.2 Å². The van der Waals surface area contributed by atoms with E-state index in [1.54, 1.807) is 19.0 Å². The van der Waals surface area contributed by atoms with Crippen LogP contribution in [0.4, 0.5) is 18.9 Å². The molecule has 0 aliphatic heterocycles. The Bertz CT molecular complexity index is 410. The summed E-state index contributed by atoms with van der Waals surface area (Å²) in [4.78, 5) is 1.61. The highest BCUT2D eigenvalue weighted by atomic mass is 19.4. The Hall–Kier alpha value is -1.72. The van der Waals surface area contributed by atoms with Gasteiger partial charge in [0.2, 0.25) is 0 Å². The van der Waals surface area contributed by atoms with E-state index >= 15 is 0 Å². The van der Waals surface area contributed by atoms with E-state index in [0.717, 1.165) is 12.1 Å². The molecule has 0 spiro atoms. The largest absolute Gasteiger partial charge is 0.416 e. The van der Waals surface area contributed by atoms with Gasteiger partial charge in [-0.25, -0.2) is 0 Å². The van der Waals surface area contributed by atoms with Crippen LogP contribution in [0.25, 0.3) is 0 Å². The number of amidine groups is 1. The predicted molar refractivity (Wildman–Crippen MR) is 56.8 cm³/mol. The van der Waals surface area contributed by atoms with Crippen molar-refractivity contribution in [2.75, 3.05) is 19.0 Å². The molecule has 0 saturated carbocycles. The molecule has 0 heterocycles. The lowest BCUT2D eigenvalue weighted by Gasteiger charge is -2.18. The zero-order valence-electron chi connectivity index (χ0n) is 8.89. The molecule has 0 unspecified atom stereocenters. The molecular weight excluding hydrogens is 219 g/mol. The molecule has 1 aromatic rings. The number of anilines is 1. The summed E-state index contributed by atoms with van der Waals surface area (Å²) in [5, 5.41) is 7.25. The first-order valence-electron chi connectivity index (χ1n) is 4.46. The third kappa shape index (κ3) is 2.44. The maximum atomic E-state index is 12.4. The first-order valence-corrected chi connectivity index (χ1v) is 4.46. The molecule has 0 radical (unpaired) electrons. The standard InChI is InChI=1S/C10H12F3N3/c1-16(2)8-4-3-6(10(11,12)13)5-7(8)9(14)15/h3-5H,1-2H3,(H3,14,15). The Morgan fingerprint density at radius 2 is 1.88 bits per heavy atom. The zero-order chi connectivity index (χ0) is 12.5. The van der Waals surface area contributed by atoms with Crippen molar-refractivity contribution in [2.24, 2.45) is 5.73 Å². The maximum Gasteiger partial charge on any atom is 0.416 e. The van der Waals surface area contributed by atoms with E-state index in [9.17, 15) is 13.2 Å². The van der Waals surface area contributed by atoms with Gasteiger partial charge in [-0.1, -0.05) is 0 Å². The van der Waals surface area contributed by atoms with E-state index in [1.165, 1.54) is 6.07 Å². The van der Waals surface area contributed by atoms with E-state index in [4.69, 9.17) is 11.1 Å². The van der Waals surface area contributed by atoms with Gasteiger partial charge in [0.1, 0.15) is 5.84 Å². The fourth-order valence-electron chi connectivity index (χ4n) is 1.32. The van der Waals surface area contributed by atoms with Crippen molar-refractivity contribution < 1.29 is 13.2 Å². The molecule has 1 rings (SSSR count). The summed E-state index contributed by atoms with van der Waals surface area (Å²) in [6.45, 7) is 0. The summed E-state index contributed by atoms with van der Waals surface area (Å²) in [6.07, 6.45) is -4.42. The summed E-state index contributed by atoms with van der Waals surface area (Å²) < 4.78 is 37.3. The Balaban J connectivity index is 3.34. The van der Waals surface area contributed by atoms with E-state index in [1.807, 2.05) is 0 Å². The Morgan fingerprint density at radius 1 is 1.31 bits per heavy atom. The molecule has 0 aliphatic carbocycles. The van der Waals surface area contributed by atoms with Gasteiger partial charge in [0.25, 0.3) is 0 Å². The van der Waals surface area contributed by atoms with Crippen LogP contribution in [0.2, 0.25) is 0 Å². The average Bonchev–Trinajstić information content (AvgIpc) is 2.15. The highest BCUT2D eigenvalue weighted by Gasteiger charge is 2.31. The first-order chi connectivity index (χ1) is 7.23. The van der Waals surface area contributed by atoms with Crippen molar-refractivity contribution in [1.29, 1.82) is 5.41 Å². The number of alkyl halides is 3. The average molecular weight is 231 g/mol. The molecule has 0 aliphatic rings. The van der Waals surface area contributed by atoms with E-state index in [0.29, 0.717) is 5.69 Å². The van der Waals surface area contributed by atoms with Crippen LogP contribution in [0.1, 0.15) is 11.1 Å². The summed E-state index contributed by atoms with van der Waals surface area (Å²) >= 11 is 0. The lowest BCUT2D eigenvalue weighted by molar-refractivity contribution is -0.137. The van der Waals surface area contributed by atoms with Crippen LogP contribution in [0.15, 0.2) is 18.2 Å². The number of rotatable bonds is 2. The summed E-state index contributed by atoms with van der Waals surface area (Å²) in [5.74, 6) is -0.380. The zero-order valence-corrected chi connectivity index (χ0v) is 8.89. The molecule has 0 saturated heterocycles. The highest BCUT2D eigenvalue weighted by molar-refractivity contribution is 6.00. The minimum absolute atomic E-state index is 0.0832. The molecule has 0 bridgehead atoms. The summed E-state index contributed by atoms with van der Waals surface area (Å²) in [7, 11) is 3.35. The van der Waals surface area contributed by atoms with Crippen molar-refractivity contribution in [3.8, 4) is 0 Å². The smallest absolute Gasteiger partial charge is 0.384 e. The van der Waals surface area contributed by atoms with Crippen LogP contribution in [-0.4, -0.2) is 19.9 Å². The second-order valence-corrected chi connectivity index (χ2v) is 3.54. The van der Waals surface area contributed by atoms with Crippen LogP contribution in [-0.2, 0) is 6.18 Å². The molecule has 0 fully saturated rings. The van der Waals surface area contributed by atoms with Gasteiger partial charge in [-0.2, -0.15) is 13.2 Å². The monoisotopic (exact) mass is 231 g/mol. The SMILES string of the molecule is CN(C)c1ccc(C(F)(F)F)cc1C(=N)N. The molecule has 3 nitrogen and oxygen atoms in total. The third-order valence-electron chi connectivity index (χ3n) is 2.10. The fraction of sp³-hybridized carbons (Fsp3) is 0.300. The van der Waals surface area contributed by atoms with Crippen LogP contribution in [0.3, 0.4) is 0 Å². The molecule has 0 aromatic heterocycles. The molecule has 6 heteroatoms. The summed E-state index contributed by atoms with van der Waals surface area (Å²) in [5.41, 5.74) is 5.02. The maximum absolute atomic E-state index is 12.4. The summed E-state index contributed by atoms with van der Waals surface area (Å²) in [6, 6.07) is 3.17. The van der Waals surface area contributed by atoms with Crippen LogP contribution in [0, 0.1) is 5.41 Å². The number of hydrogen-bond acceptors (Lipinski definition) is 2. The molecule has 3 N–H and O–H groups in total. The number of nitrogens with zero attached hydrogens (tertiary/aromatic N) is 1. The van der Waals surface area contributed by atoms with E-state index < -0.39 is 11.7 Å². The molecule has 16 heavy (non-hydrogen) atoms. The van der Waals surface area contributed by atoms with Crippen molar-refractivity contribution in [1.82, 2.24) is 0 Å². The molecular formula is C10H12F3N3. The Kier molecular flexibility index (Phi) is 3.11. The predicted octanol–water partition coefficient (Wildman–Crippen LogP) is 2.06. The topological polar surface area (TPSA) is 53.1 Å². The number of nitrogens with two attached hydrogens (primary N) is 1. The Morgan fingerprint density at radius 3 is 2.25 bits per heavy atom. The number of hydrogen-bond donors (Lipinski definition) is 2. The molecule has 88 valence electrons. The van der Waals surface area contributed by atoms with Gasteiger partial charge in [0, 0.05) is 25.3 Å². The number of benzene rings is 1. The van der Waals surface area contributed by atoms with Crippen molar-refractivity contribution >= 4 is 11.5 Å². The van der Waals surface area contributed by atoms with Crippen molar-refractivity contribution in [3.63, 3.8) is 0 Å². The molecule has 1 aromatic carbocycles. The quantitative estimate of drug-likeness (QED) is 0.604. The third-order valence-corrected chi connectivity index (χ3v) is 2.10. The van der Waals surface area contributed by atoms with Gasteiger partial charge in [-0.15, -0.1) is 0 Å². The minimum Gasteiger partial charge on any atom is -0.384 e. The highest BCUT2D eigenvalue weighted by Crippen LogP contribution is 2.32. The molecule has 0 atom stereocenters. The van der Waals surface area contributed by atoms with Crippen LogP contribution in [0.5, 0.6) is 0 Å². The number of nitrogens with one attached hydrogen (secondary N) is 1. The lowest BCUT2D eigenvalue weighted by atomic mass is 10.1. The van der Waals surface area contributed by atoms with Crippen LogP contribution >= 0.6 is 0 Å².